The number of halogens is 10. The number of nitrogens with one attached hydrogen (secondary N) is 2. The van der Waals surface area contributed by atoms with Crippen LogP contribution in [0.25, 0.3) is 0 Å². The van der Waals surface area contributed by atoms with Gasteiger partial charge in [0, 0.05) is 11.6 Å². The van der Waals surface area contributed by atoms with Gasteiger partial charge in [-0.3, -0.25) is 5.32 Å². The molecule has 0 fully saturated rings. The van der Waals surface area contributed by atoms with Gasteiger partial charge in [-0.2, -0.15) is 39.5 Å². The number of urea groups is 1. The van der Waals surface area contributed by atoms with Gasteiger partial charge in [0.15, 0.2) is 0 Å². The Kier molecular flexibility index (Phi) is 7.51. The van der Waals surface area contributed by atoms with Crippen LogP contribution in [0.5, 0.6) is 0 Å². The second kappa shape index (κ2) is 8.78. The highest BCUT2D eigenvalue weighted by atomic mass is 35.5. The maximum absolute atomic E-state index is 13.3. The number of nitrogens with zero attached hydrogens (tertiary/aromatic N) is 1. The van der Waals surface area contributed by atoms with Crippen LogP contribution in [-0.4, -0.2) is 29.3 Å². The third-order valence-electron chi connectivity index (χ3n) is 3.28. The monoisotopic (exact) mass is 473 g/mol. The Hall–Kier alpha value is -2.38. The molecular formula is C15H13ClF9N3O2. The summed E-state index contributed by atoms with van der Waals surface area (Å²) < 4.78 is 118. The smallest absolute Gasteiger partial charge is 0.346 e. The predicted molar refractivity (Wildman–Crippen MR) is 87.7 cm³/mol. The Morgan fingerprint density at radius 2 is 1.57 bits per heavy atom. The molecule has 1 rings (SSSR count). The molecule has 1 aromatic carbocycles. The Balaban J connectivity index is 3.27. The average molecular weight is 474 g/mol. The lowest BCUT2D eigenvalue weighted by molar-refractivity contribution is -0.388. The van der Waals surface area contributed by atoms with Crippen molar-refractivity contribution in [2.45, 2.75) is 38.1 Å². The highest BCUT2D eigenvalue weighted by Gasteiger charge is 2.76. The number of rotatable bonds is 5. The van der Waals surface area contributed by atoms with E-state index in [-0.39, 0.29) is 0 Å². The molecule has 0 bridgehead atoms. The molecule has 0 aromatic heterocycles. The van der Waals surface area contributed by atoms with Crippen LogP contribution in [0.4, 0.5) is 50.0 Å². The maximum atomic E-state index is 13.3. The normalized spacial score (nSPS) is 14.0. The Morgan fingerprint density at radius 3 is 2.00 bits per heavy atom. The zero-order valence-corrected chi connectivity index (χ0v) is 15.7. The topological polar surface area (TPSA) is 62.7 Å². The van der Waals surface area contributed by atoms with Crippen LogP contribution in [0.15, 0.2) is 29.4 Å². The lowest BCUT2D eigenvalue weighted by Crippen LogP contribution is -2.69. The first kappa shape index (κ1) is 25.7. The zero-order valence-electron chi connectivity index (χ0n) is 14.9. The van der Waals surface area contributed by atoms with Gasteiger partial charge >= 0.3 is 30.3 Å². The number of carbonyl (C=O) groups is 1. The van der Waals surface area contributed by atoms with Crippen molar-refractivity contribution >= 4 is 28.5 Å². The molecular weight excluding hydrogens is 461 g/mol. The maximum Gasteiger partial charge on any atom is 0.461 e. The van der Waals surface area contributed by atoms with E-state index in [4.69, 9.17) is 11.6 Å². The summed E-state index contributed by atoms with van der Waals surface area (Å²) in [5.41, 5.74) is -7.37. The zero-order chi connectivity index (χ0) is 23.5. The minimum atomic E-state index is -6.28. The number of alkyl halides is 9. The first-order chi connectivity index (χ1) is 13.4. The molecule has 0 heterocycles. The van der Waals surface area contributed by atoms with Gasteiger partial charge in [0.1, 0.15) is 5.17 Å². The quantitative estimate of drug-likeness (QED) is 0.243. The molecule has 2 N–H and O–H groups in total. The third-order valence-corrected chi connectivity index (χ3v) is 3.79. The molecule has 0 atom stereocenters. The fourth-order valence-electron chi connectivity index (χ4n) is 1.74. The molecule has 0 radical (unpaired) electrons. The van der Waals surface area contributed by atoms with Gasteiger partial charge in [0.2, 0.25) is 0 Å². The van der Waals surface area contributed by atoms with Gasteiger partial charge < -0.3 is 10.2 Å². The average Bonchev–Trinajstić information content (AvgIpc) is 2.55. The summed E-state index contributed by atoms with van der Waals surface area (Å²) in [7, 11) is 0. The molecule has 1 aromatic rings. The minimum Gasteiger partial charge on any atom is -0.346 e. The van der Waals surface area contributed by atoms with Crippen LogP contribution in [0.2, 0.25) is 0 Å². The van der Waals surface area contributed by atoms with Crippen LogP contribution in [0.3, 0.4) is 0 Å². The van der Waals surface area contributed by atoms with Crippen molar-refractivity contribution in [1.82, 2.24) is 5.32 Å². The molecule has 0 spiro atoms. The van der Waals surface area contributed by atoms with Gasteiger partial charge in [0.25, 0.3) is 0 Å². The van der Waals surface area contributed by atoms with E-state index in [2.05, 4.69) is 9.99 Å². The van der Waals surface area contributed by atoms with Crippen molar-refractivity contribution in [1.29, 1.82) is 0 Å². The highest BCUT2D eigenvalue weighted by molar-refractivity contribution is 6.65. The van der Waals surface area contributed by atoms with E-state index in [1.165, 1.54) is 19.2 Å². The van der Waals surface area contributed by atoms with Crippen LogP contribution >= 0.6 is 11.6 Å². The molecule has 170 valence electrons. The summed E-state index contributed by atoms with van der Waals surface area (Å²) >= 11 is 5.40. The molecule has 0 saturated carbocycles. The van der Waals surface area contributed by atoms with Crippen LogP contribution < -0.4 is 10.6 Å². The van der Waals surface area contributed by atoms with Crippen molar-refractivity contribution < 1.29 is 49.1 Å². The van der Waals surface area contributed by atoms with E-state index in [0.29, 0.717) is 17.4 Å². The SMILES string of the molecule is CC(C)/C(Cl)=N/OC(NC(=O)Nc1cccc(C(F)(F)F)c1)(C(F)(F)F)C(F)(F)F. The fraction of sp³-hybridized carbons (Fsp3) is 0.467. The summed E-state index contributed by atoms with van der Waals surface area (Å²) in [5.74, 6) is -0.815. The third kappa shape index (κ3) is 6.06. The van der Waals surface area contributed by atoms with Crippen molar-refractivity contribution in [2.75, 3.05) is 5.32 Å². The predicted octanol–water partition coefficient (Wildman–Crippen LogP) is 5.87. The first-order valence-electron chi connectivity index (χ1n) is 7.72. The molecule has 0 saturated heterocycles. The Labute approximate surface area is 168 Å². The fourth-order valence-corrected chi connectivity index (χ4v) is 1.78. The van der Waals surface area contributed by atoms with Crippen molar-refractivity contribution in [3.8, 4) is 0 Å². The lowest BCUT2D eigenvalue weighted by Gasteiger charge is -2.34. The summed E-state index contributed by atoms with van der Waals surface area (Å²) in [6.07, 6.45) is -17.4. The Bertz CT molecular complexity index is 775. The van der Waals surface area contributed by atoms with Crippen molar-refractivity contribution in [3.63, 3.8) is 0 Å². The number of hydrogen-bond acceptors (Lipinski definition) is 3. The van der Waals surface area contributed by atoms with Gasteiger partial charge in [-0.1, -0.05) is 36.7 Å². The summed E-state index contributed by atoms with van der Waals surface area (Å²) in [5, 5.41) is 3.81. The van der Waals surface area contributed by atoms with Gasteiger partial charge in [-0.05, 0) is 18.2 Å². The van der Waals surface area contributed by atoms with E-state index in [1.807, 2.05) is 0 Å². The van der Waals surface area contributed by atoms with E-state index >= 15 is 0 Å². The van der Waals surface area contributed by atoms with E-state index < -0.39 is 52.6 Å². The molecule has 0 aliphatic heterocycles. The minimum absolute atomic E-state index is 0.303. The summed E-state index contributed by atoms with van der Waals surface area (Å²) in [4.78, 5) is 15.4. The van der Waals surface area contributed by atoms with Crippen molar-refractivity contribution in [2.24, 2.45) is 11.1 Å². The second-order valence-electron chi connectivity index (χ2n) is 5.99. The lowest BCUT2D eigenvalue weighted by atomic mass is 10.2. The number of benzene rings is 1. The largest absolute Gasteiger partial charge is 0.461 e. The number of hydrogen-bond donors (Lipinski definition) is 2. The van der Waals surface area contributed by atoms with Crippen LogP contribution in [0, 0.1) is 5.92 Å². The van der Waals surface area contributed by atoms with E-state index in [0.717, 1.165) is 12.1 Å². The van der Waals surface area contributed by atoms with E-state index in [9.17, 15) is 44.3 Å². The summed E-state index contributed by atoms with van der Waals surface area (Å²) in [6.45, 7) is 2.57. The summed E-state index contributed by atoms with van der Waals surface area (Å²) in [6, 6.07) is 0.302. The molecule has 15 heteroatoms. The van der Waals surface area contributed by atoms with Gasteiger partial charge in [0.05, 0.1) is 5.56 Å². The van der Waals surface area contributed by atoms with Crippen molar-refractivity contribution in [3.05, 3.63) is 29.8 Å². The number of oxime groups is 1. The number of carbonyl (C=O) groups excluding carboxylic acids is 1. The molecule has 5 nitrogen and oxygen atoms in total. The first-order valence-corrected chi connectivity index (χ1v) is 8.10. The van der Waals surface area contributed by atoms with E-state index in [1.54, 1.807) is 0 Å². The number of anilines is 1. The van der Waals surface area contributed by atoms with Crippen LogP contribution in [-0.2, 0) is 11.0 Å². The van der Waals surface area contributed by atoms with Gasteiger partial charge in [-0.15, -0.1) is 0 Å². The molecule has 0 unspecified atom stereocenters. The Morgan fingerprint density at radius 1 is 1.03 bits per heavy atom. The molecule has 0 aliphatic carbocycles. The molecule has 30 heavy (non-hydrogen) atoms. The second-order valence-corrected chi connectivity index (χ2v) is 6.38. The highest BCUT2D eigenvalue weighted by Crippen LogP contribution is 2.44. The molecule has 2 amide bonds. The number of amides is 2. The molecule has 0 aliphatic rings. The van der Waals surface area contributed by atoms with Gasteiger partial charge in [-0.25, -0.2) is 4.79 Å². The van der Waals surface area contributed by atoms with Crippen LogP contribution in [0.1, 0.15) is 19.4 Å². The standard InChI is InChI=1S/C15H13ClF9N3O2/c1-7(2)10(16)28-30-13(14(20,21)22,15(23,24)25)27-11(29)26-9-5-3-4-8(6-9)12(17,18)19/h3-7H,1-2H3,(H2,26,27,29)/b28-10-.